The van der Waals surface area contributed by atoms with Gasteiger partial charge in [0.1, 0.15) is 6.10 Å². The molecular formula is C22H25N5O2. The Morgan fingerprint density at radius 3 is 2.83 bits per heavy atom. The molecule has 0 spiro atoms. The van der Waals surface area contributed by atoms with E-state index in [1.165, 1.54) is 19.3 Å². The summed E-state index contributed by atoms with van der Waals surface area (Å²) in [7, 11) is 0. The predicted octanol–water partition coefficient (Wildman–Crippen LogP) is 2.75. The zero-order valence-electron chi connectivity index (χ0n) is 16.4. The molecule has 2 aromatic heterocycles. The molecule has 1 N–H and O–H groups in total. The van der Waals surface area contributed by atoms with E-state index in [1.807, 2.05) is 0 Å². The molecule has 7 heteroatoms. The van der Waals surface area contributed by atoms with Gasteiger partial charge in [0.2, 0.25) is 0 Å². The van der Waals surface area contributed by atoms with Gasteiger partial charge in [-0.1, -0.05) is 0 Å². The summed E-state index contributed by atoms with van der Waals surface area (Å²) in [6.45, 7) is 0. The van der Waals surface area contributed by atoms with Crippen molar-refractivity contribution in [2.24, 2.45) is 17.8 Å². The Morgan fingerprint density at radius 2 is 2.03 bits per heavy atom. The summed E-state index contributed by atoms with van der Waals surface area (Å²) < 4.78 is 7.96. The smallest absolute Gasteiger partial charge is 0.272 e. The van der Waals surface area contributed by atoms with Crippen molar-refractivity contribution in [2.75, 3.05) is 0 Å². The maximum Gasteiger partial charge on any atom is 0.272 e. The summed E-state index contributed by atoms with van der Waals surface area (Å²) in [4.78, 5) is 22.2. The first kappa shape index (κ1) is 16.5. The van der Waals surface area contributed by atoms with Crippen molar-refractivity contribution in [2.45, 2.75) is 69.1 Å². The lowest BCUT2D eigenvalue weighted by atomic mass is 9.80. The topological polar surface area (TPSA) is 81.9 Å². The van der Waals surface area contributed by atoms with Crippen molar-refractivity contribution in [3.8, 4) is 5.82 Å². The lowest BCUT2D eigenvalue weighted by Gasteiger charge is -2.33. The second-order valence-electron chi connectivity index (χ2n) is 9.87. The molecule has 4 atom stereocenters. The van der Waals surface area contributed by atoms with Crippen LogP contribution in [0.15, 0.2) is 18.6 Å². The summed E-state index contributed by atoms with van der Waals surface area (Å²) in [6.07, 6.45) is 14.2. The highest BCUT2D eigenvalue weighted by Gasteiger charge is 2.58. The van der Waals surface area contributed by atoms with Crippen LogP contribution in [0, 0.1) is 17.8 Å². The highest BCUT2D eigenvalue weighted by molar-refractivity contribution is 5.95. The molecule has 4 heterocycles. The lowest BCUT2D eigenvalue weighted by molar-refractivity contribution is 0.0284. The number of aromatic nitrogens is 4. The molecule has 8 rings (SSSR count). The minimum Gasteiger partial charge on any atom is -0.368 e. The quantitative estimate of drug-likeness (QED) is 0.870. The van der Waals surface area contributed by atoms with Crippen LogP contribution in [-0.2, 0) is 11.2 Å². The molecule has 7 nitrogen and oxygen atoms in total. The van der Waals surface area contributed by atoms with Gasteiger partial charge in [0.15, 0.2) is 11.5 Å². The van der Waals surface area contributed by atoms with E-state index in [0.29, 0.717) is 17.4 Å². The number of ether oxygens (including phenoxy) is 1. The van der Waals surface area contributed by atoms with Gasteiger partial charge >= 0.3 is 0 Å². The van der Waals surface area contributed by atoms with Gasteiger partial charge in [-0.2, -0.15) is 5.10 Å². The fourth-order valence-electron chi connectivity index (χ4n) is 7.32. The van der Waals surface area contributed by atoms with E-state index in [1.54, 1.807) is 23.3 Å². The second-order valence-corrected chi connectivity index (χ2v) is 9.87. The van der Waals surface area contributed by atoms with Crippen molar-refractivity contribution in [3.05, 3.63) is 35.5 Å². The van der Waals surface area contributed by atoms with Crippen LogP contribution in [0.1, 0.15) is 72.8 Å². The summed E-state index contributed by atoms with van der Waals surface area (Å²) >= 11 is 0. The molecule has 2 aliphatic heterocycles. The number of amides is 1. The maximum absolute atomic E-state index is 13.5. The molecule has 2 aromatic rings. The van der Waals surface area contributed by atoms with Gasteiger partial charge < -0.3 is 10.1 Å². The Balaban J connectivity index is 1.29. The first-order chi connectivity index (χ1) is 14.2. The summed E-state index contributed by atoms with van der Waals surface area (Å²) in [5, 5.41) is 8.29. The van der Waals surface area contributed by atoms with Crippen LogP contribution in [0.2, 0.25) is 0 Å². The molecule has 1 amide bonds. The Bertz CT molecular complexity index is 988. The monoisotopic (exact) mass is 391 g/mol. The number of hydrogen-bond acceptors (Lipinski definition) is 5. The molecule has 6 aliphatic rings. The van der Waals surface area contributed by atoms with Crippen molar-refractivity contribution < 1.29 is 9.53 Å². The third kappa shape index (κ3) is 2.28. The molecule has 4 saturated carbocycles. The number of nitrogens with one attached hydrogen (secondary N) is 1. The van der Waals surface area contributed by atoms with Crippen LogP contribution in [0.25, 0.3) is 5.82 Å². The van der Waals surface area contributed by atoms with Gasteiger partial charge in [0.25, 0.3) is 5.91 Å². The third-order valence-electron chi connectivity index (χ3n) is 8.20. The largest absolute Gasteiger partial charge is 0.368 e. The van der Waals surface area contributed by atoms with Gasteiger partial charge in [-0.05, 0) is 62.7 Å². The fourth-order valence-corrected chi connectivity index (χ4v) is 7.32. The highest BCUT2D eigenvalue weighted by atomic mass is 16.5. The predicted molar refractivity (Wildman–Crippen MR) is 103 cm³/mol. The van der Waals surface area contributed by atoms with E-state index >= 15 is 0 Å². The summed E-state index contributed by atoms with van der Waals surface area (Å²) in [5.41, 5.74) is 2.64. The fraction of sp³-hybridized carbons (Fsp3) is 0.636. The third-order valence-corrected chi connectivity index (χ3v) is 8.20. The van der Waals surface area contributed by atoms with E-state index in [2.05, 4.69) is 15.3 Å². The average Bonchev–Trinajstić information content (AvgIpc) is 3.41. The van der Waals surface area contributed by atoms with Gasteiger partial charge in [-0.3, -0.25) is 9.78 Å². The molecule has 150 valence electrons. The van der Waals surface area contributed by atoms with E-state index in [0.717, 1.165) is 55.2 Å². The Hall–Kier alpha value is -2.28. The van der Waals surface area contributed by atoms with Crippen LogP contribution >= 0.6 is 0 Å². The maximum atomic E-state index is 13.5. The van der Waals surface area contributed by atoms with E-state index < -0.39 is 0 Å². The van der Waals surface area contributed by atoms with Crippen LogP contribution < -0.4 is 5.32 Å². The zero-order chi connectivity index (χ0) is 19.2. The van der Waals surface area contributed by atoms with Crippen molar-refractivity contribution in [1.29, 1.82) is 0 Å². The van der Waals surface area contributed by atoms with E-state index in [4.69, 9.17) is 9.84 Å². The SMILES string of the molecule is O=C(NC12CC3CC(CC1C3)C2)c1nn(-c2cnccn2)c2c1CC1CCC2O1. The molecule has 0 radical (unpaired) electrons. The average molecular weight is 391 g/mol. The summed E-state index contributed by atoms with van der Waals surface area (Å²) in [5.74, 6) is 2.92. The molecule has 29 heavy (non-hydrogen) atoms. The number of fused-ring (bicyclic) bond motifs is 4. The number of hydrogen-bond donors (Lipinski definition) is 1. The van der Waals surface area contributed by atoms with E-state index in [9.17, 15) is 4.79 Å². The van der Waals surface area contributed by atoms with Gasteiger partial charge in [-0.25, -0.2) is 9.67 Å². The van der Waals surface area contributed by atoms with Crippen LogP contribution in [0.5, 0.6) is 0 Å². The molecule has 0 aromatic carbocycles. The normalized spacial score (nSPS) is 38.4. The summed E-state index contributed by atoms with van der Waals surface area (Å²) in [6, 6.07) is 0. The second kappa shape index (κ2) is 5.65. The Kier molecular flexibility index (Phi) is 3.22. The zero-order valence-corrected chi connectivity index (χ0v) is 16.4. The minimum atomic E-state index is -0.00340. The molecule has 4 unspecified atom stereocenters. The van der Waals surface area contributed by atoms with Crippen molar-refractivity contribution in [3.63, 3.8) is 0 Å². The number of carbonyl (C=O) groups is 1. The number of nitrogens with zero attached hydrogens (tertiary/aromatic N) is 4. The van der Waals surface area contributed by atoms with Crippen LogP contribution in [0.4, 0.5) is 0 Å². The molecule has 1 saturated heterocycles. The molecular weight excluding hydrogens is 366 g/mol. The number of carbonyl (C=O) groups excluding carboxylic acids is 1. The van der Waals surface area contributed by atoms with E-state index in [-0.39, 0.29) is 23.7 Å². The highest BCUT2D eigenvalue weighted by Crippen LogP contribution is 2.60. The standard InChI is InChI=1S/C22H25N5O2/c28-21(25-22-9-12-5-13(10-22)7-14(22)6-12)19-16-8-15-1-2-17(29-15)20(16)27(26-19)18-11-23-3-4-24-18/h3-4,11-15,17H,1-2,5-10H2,(H,25,28). The Labute approximate surface area is 169 Å². The van der Waals surface area contributed by atoms with Gasteiger partial charge in [-0.15, -0.1) is 0 Å². The number of rotatable bonds is 3. The van der Waals surface area contributed by atoms with Crippen molar-refractivity contribution >= 4 is 5.91 Å². The van der Waals surface area contributed by atoms with Crippen LogP contribution in [0.3, 0.4) is 0 Å². The lowest BCUT2D eigenvalue weighted by Crippen LogP contribution is -2.49. The van der Waals surface area contributed by atoms with Crippen molar-refractivity contribution in [1.82, 2.24) is 25.1 Å². The van der Waals surface area contributed by atoms with Gasteiger partial charge in [0.05, 0.1) is 18.0 Å². The molecule has 5 fully saturated rings. The molecule has 6 bridgehead atoms. The first-order valence-corrected chi connectivity index (χ1v) is 11.0. The van der Waals surface area contributed by atoms with Crippen LogP contribution in [-0.4, -0.2) is 37.3 Å². The first-order valence-electron chi connectivity index (χ1n) is 11.0. The minimum absolute atomic E-state index is 0.00149. The van der Waals surface area contributed by atoms with Gasteiger partial charge in [0, 0.05) is 29.9 Å². The molecule has 4 aliphatic carbocycles. The Morgan fingerprint density at radius 1 is 1.17 bits per heavy atom.